The Morgan fingerprint density at radius 2 is 2.31 bits per heavy atom. The first kappa shape index (κ1) is 11.7. The first-order valence-electron chi connectivity index (χ1n) is 5.28. The van der Waals surface area contributed by atoms with Crippen molar-refractivity contribution >= 4 is 29.2 Å². The summed E-state index contributed by atoms with van der Waals surface area (Å²) in [6.45, 7) is 0. The fourth-order valence-electron chi connectivity index (χ4n) is 1.70. The first-order chi connectivity index (χ1) is 7.78. The lowest BCUT2D eigenvalue weighted by atomic mass is 10.0. The molecular weight excluding hydrogens is 242 g/mol. The van der Waals surface area contributed by atoms with Gasteiger partial charge in [0.1, 0.15) is 11.0 Å². The van der Waals surface area contributed by atoms with Crippen LogP contribution in [-0.2, 0) is 0 Å². The molecule has 0 amide bonds. The summed E-state index contributed by atoms with van der Waals surface area (Å²) < 4.78 is 0. The molecule has 1 aromatic rings. The van der Waals surface area contributed by atoms with E-state index in [9.17, 15) is 0 Å². The van der Waals surface area contributed by atoms with E-state index in [1.807, 2.05) is 6.26 Å². The predicted molar refractivity (Wildman–Crippen MR) is 69.2 cm³/mol. The molecular formula is C11H14ClN3S. The van der Waals surface area contributed by atoms with Gasteiger partial charge in [0.25, 0.3) is 0 Å². The van der Waals surface area contributed by atoms with E-state index in [2.05, 4.69) is 27.4 Å². The molecule has 1 aliphatic rings. The second-order valence-corrected chi connectivity index (χ2v) is 4.85. The minimum absolute atomic E-state index is 0.464. The van der Waals surface area contributed by atoms with Crippen LogP contribution in [0.1, 0.15) is 19.3 Å². The van der Waals surface area contributed by atoms with E-state index in [0.717, 1.165) is 25.1 Å². The van der Waals surface area contributed by atoms with Crippen molar-refractivity contribution in [1.29, 1.82) is 0 Å². The highest BCUT2D eigenvalue weighted by Crippen LogP contribution is 2.20. The van der Waals surface area contributed by atoms with E-state index in [1.54, 1.807) is 6.07 Å². The van der Waals surface area contributed by atoms with Crippen molar-refractivity contribution in [2.45, 2.75) is 30.5 Å². The summed E-state index contributed by atoms with van der Waals surface area (Å²) in [5.41, 5.74) is 0. The zero-order chi connectivity index (χ0) is 11.4. The Morgan fingerprint density at radius 3 is 3.00 bits per heavy atom. The minimum Gasteiger partial charge on any atom is -0.367 e. The van der Waals surface area contributed by atoms with Crippen molar-refractivity contribution < 1.29 is 0 Å². The Morgan fingerprint density at radius 1 is 1.44 bits per heavy atom. The van der Waals surface area contributed by atoms with Crippen molar-refractivity contribution in [2.75, 3.05) is 11.6 Å². The molecule has 0 aromatic carbocycles. The normalized spacial score (nSPS) is 19.8. The molecule has 16 heavy (non-hydrogen) atoms. The van der Waals surface area contributed by atoms with E-state index in [0.29, 0.717) is 16.4 Å². The van der Waals surface area contributed by atoms with Gasteiger partial charge in [0.15, 0.2) is 5.16 Å². The molecule has 0 aliphatic heterocycles. The van der Waals surface area contributed by atoms with Crippen LogP contribution in [0.3, 0.4) is 0 Å². The van der Waals surface area contributed by atoms with E-state index in [4.69, 9.17) is 11.6 Å². The summed E-state index contributed by atoms with van der Waals surface area (Å²) in [6, 6.07) is 2.24. The molecule has 0 radical (unpaired) electrons. The van der Waals surface area contributed by atoms with Gasteiger partial charge >= 0.3 is 0 Å². The summed E-state index contributed by atoms with van der Waals surface area (Å²) in [5, 5.41) is 4.60. The first-order valence-corrected chi connectivity index (χ1v) is 6.88. The second kappa shape index (κ2) is 5.55. The van der Waals surface area contributed by atoms with Gasteiger partial charge in [0.05, 0.1) is 0 Å². The third-order valence-corrected chi connectivity index (χ3v) is 3.22. The summed E-state index contributed by atoms with van der Waals surface area (Å²) >= 11 is 7.43. The Kier molecular flexibility index (Phi) is 4.07. The van der Waals surface area contributed by atoms with Crippen LogP contribution in [0.5, 0.6) is 0 Å². The van der Waals surface area contributed by atoms with E-state index in [1.165, 1.54) is 11.8 Å². The van der Waals surface area contributed by atoms with Crippen molar-refractivity contribution in [3.8, 4) is 0 Å². The summed E-state index contributed by atoms with van der Waals surface area (Å²) in [6.07, 6.45) is 9.70. The van der Waals surface area contributed by atoms with Gasteiger partial charge in [-0.1, -0.05) is 35.5 Å². The third kappa shape index (κ3) is 3.12. The maximum atomic E-state index is 5.93. The number of anilines is 1. The molecule has 1 atom stereocenters. The summed E-state index contributed by atoms with van der Waals surface area (Å²) in [7, 11) is 0. The minimum atomic E-state index is 0.464. The van der Waals surface area contributed by atoms with Crippen LogP contribution in [0.25, 0.3) is 0 Å². The zero-order valence-corrected chi connectivity index (χ0v) is 10.7. The SMILES string of the molecule is CSc1nc(Cl)cc(NC2CC=CCC2)n1. The second-order valence-electron chi connectivity index (χ2n) is 3.69. The lowest BCUT2D eigenvalue weighted by molar-refractivity contribution is 0.640. The molecule has 0 saturated carbocycles. The molecule has 1 aromatic heterocycles. The highest BCUT2D eigenvalue weighted by molar-refractivity contribution is 7.98. The molecule has 86 valence electrons. The number of nitrogens with one attached hydrogen (secondary N) is 1. The molecule has 0 spiro atoms. The Hall–Kier alpha value is -0.740. The Labute approximate surface area is 105 Å². The molecule has 2 rings (SSSR count). The van der Waals surface area contributed by atoms with Crippen LogP contribution in [-0.4, -0.2) is 22.3 Å². The van der Waals surface area contributed by atoms with Crippen molar-refractivity contribution in [3.63, 3.8) is 0 Å². The molecule has 1 heterocycles. The summed E-state index contributed by atoms with van der Waals surface area (Å²) in [5.74, 6) is 0.824. The van der Waals surface area contributed by atoms with Crippen molar-refractivity contribution in [1.82, 2.24) is 9.97 Å². The topological polar surface area (TPSA) is 37.8 Å². The number of hydrogen-bond donors (Lipinski definition) is 1. The van der Waals surface area contributed by atoms with Crippen LogP contribution in [0.2, 0.25) is 5.15 Å². The molecule has 0 bridgehead atoms. The van der Waals surface area contributed by atoms with Gasteiger partial charge in [0, 0.05) is 12.1 Å². The molecule has 1 N–H and O–H groups in total. The van der Waals surface area contributed by atoms with E-state index in [-0.39, 0.29) is 0 Å². The highest BCUT2D eigenvalue weighted by atomic mass is 35.5. The largest absolute Gasteiger partial charge is 0.367 e. The number of nitrogens with zero attached hydrogens (tertiary/aromatic N) is 2. The van der Waals surface area contributed by atoms with Gasteiger partial charge in [0.2, 0.25) is 0 Å². The smallest absolute Gasteiger partial charge is 0.190 e. The van der Waals surface area contributed by atoms with Gasteiger partial charge in [-0.05, 0) is 25.5 Å². The Balaban J connectivity index is 2.08. The monoisotopic (exact) mass is 255 g/mol. The molecule has 5 heteroatoms. The maximum absolute atomic E-state index is 5.93. The lowest BCUT2D eigenvalue weighted by Crippen LogP contribution is -2.21. The number of halogens is 1. The van der Waals surface area contributed by atoms with Crippen LogP contribution in [0.15, 0.2) is 23.4 Å². The zero-order valence-electron chi connectivity index (χ0n) is 9.11. The fraction of sp³-hybridized carbons (Fsp3) is 0.455. The van der Waals surface area contributed by atoms with Crippen LogP contribution >= 0.6 is 23.4 Å². The van der Waals surface area contributed by atoms with Crippen molar-refractivity contribution in [2.24, 2.45) is 0 Å². The predicted octanol–water partition coefficient (Wildman–Crippen LogP) is 3.37. The van der Waals surface area contributed by atoms with Gasteiger partial charge in [-0.25, -0.2) is 9.97 Å². The molecule has 3 nitrogen and oxygen atoms in total. The molecule has 1 aliphatic carbocycles. The number of thioether (sulfide) groups is 1. The number of rotatable bonds is 3. The van der Waals surface area contributed by atoms with Gasteiger partial charge < -0.3 is 5.32 Å². The summed E-state index contributed by atoms with van der Waals surface area (Å²) in [4.78, 5) is 8.49. The van der Waals surface area contributed by atoms with Crippen molar-refractivity contribution in [3.05, 3.63) is 23.4 Å². The lowest BCUT2D eigenvalue weighted by Gasteiger charge is -2.20. The van der Waals surface area contributed by atoms with Gasteiger partial charge in [-0.3, -0.25) is 0 Å². The molecule has 0 fully saturated rings. The Bertz CT molecular complexity index is 395. The van der Waals surface area contributed by atoms with Crippen LogP contribution in [0.4, 0.5) is 5.82 Å². The third-order valence-electron chi connectivity index (χ3n) is 2.48. The molecule has 0 saturated heterocycles. The maximum Gasteiger partial charge on any atom is 0.190 e. The average molecular weight is 256 g/mol. The number of hydrogen-bond acceptors (Lipinski definition) is 4. The molecule has 1 unspecified atom stereocenters. The van der Waals surface area contributed by atoms with E-state index < -0.39 is 0 Å². The van der Waals surface area contributed by atoms with Crippen LogP contribution in [0, 0.1) is 0 Å². The standard InChI is InChI=1S/C11H14ClN3S/c1-16-11-14-9(12)7-10(15-11)13-8-5-3-2-4-6-8/h2-3,7-8H,4-6H2,1H3,(H,13,14,15). The van der Waals surface area contributed by atoms with Crippen LogP contribution < -0.4 is 5.32 Å². The average Bonchev–Trinajstić information content (AvgIpc) is 2.29. The number of allylic oxidation sites excluding steroid dienone is 1. The van der Waals surface area contributed by atoms with Gasteiger partial charge in [-0.15, -0.1) is 0 Å². The van der Waals surface area contributed by atoms with Gasteiger partial charge in [-0.2, -0.15) is 0 Å². The van der Waals surface area contributed by atoms with E-state index >= 15 is 0 Å². The quantitative estimate of drug-likeness (QED) is 0.389. The number of aromatic nitrogens is 2. The highest BCUT2D eigenvalue weighted by Gasteiger charge is 2.11. The fourth-order valence-corrected chi connectivity index (χ4v) is 2.31.